The lowest BCUT2D eigenvalue weighted by molar-refractivity contribution is -0.157. The normalized spacial score (nSPS) is 27.4. The summed E-state index contributed by atoms with van der Waals surface area (Å²) in [7, 11) is 0. The highest BCUT2D eigenvalue weighted by Gasteiger charge is 2.53. The molecule has 0 aliphatic carbocycles. The van der Waals surface area contributed by atoms with Crippen LogP contribution in [0.3, 0.4) is 0 Å². The third kappa shape index (κ3) is 3.26. The van der Waals surface area contributed by atoms with Gasteiger partial charge in [0.25, 0.3) is 0 Å². The van der Waals surface area contributed by atoms with Gasteiger partial charge in [-0.15, -0.1) is 0 Å². The Bertz CT molecular complexity index is 571. The van der Waals surface area contributed by atoms with E-state index in [4.69, 9.17) is 9.47 Å². The minimum atomic E-state index is -0.679. The quantitative estimate of drug-likeness (QED) is 0.815. The first-order valence-electron chi connectivity index (χ1n) is 8.00. The minimum absolute atomic E-state index is 0.0870. The summed E-state index contributed by atoms with van der Waals surface area (Å²) in [5.41, 5.74) is 0.529. The van der Waals surface area contributed by atoms with Crippen LogP contribution in [0.4, 0.5) is 0 Å². The van der Waals surface area contributed by atoms with Crippen LogP contribution in [-0.2, 0) is 16.1 Å². The van der Waals surface area contributed by atoms with Gasteiger partial charge in [0, 0.05) is 32.2 Å². The van der Waals surface area contributed by atoms with Crippen molar-refractivity contribution in [2.75, 3.05) is 32.9 Å². The van der Waals surface area contributed by atoms with Crippen LogP contribution in [-0.4, -0.2) is 48.9 Å². The lowest BCUT2D eigenvalue weighted by atomic mass is 9.74. The molecule has 2 saturated heterocycles. The third-order valence-electron chi connectivity index (χ3n) is 4.90. The number of aliphatic carboxylic acids is 1. The lowest BCUT2D eigenvalue weighted by Gasteiger charge is -2.34. The number of benzene rings is 1. The van der Waals surface area contributed by atoms with E-state index in [1.165, 1.54) is 0 Å². The minimum Gasteiger partial charge on any atom is -0.490 e. The zero-order valence-electron chi connectivity index (χ0n) is 13.2. The predicted molar refractivity (Wildman–Crippen MR) is 86.4 cm³/mol. The van der Waals surface area contributed by atoms with Crippen molar-refractivity contribution in [2.24, 2.45) is 11.3 Å². The summed E-state index contributed by atoms with van der Waals surface area (Å²) in [4.78, 5) is 14.0. The lowest BCUT2D eigenvalue weighted by Crippen LogP contribution is -2.44. The molecule has 0 amide bonds. The van der Waals surface area contributed by atoms with E-state index in [1.807, 2.05) is 24.3 Å². The number of carboxylic acids is 1. The van der Waals surface area contributed by atoms with Crippen LogP contribution < -0.4 is 4.74 Å². The number of fused-ring (bicyclic) bond motifs is 1. The van der Waals surface area contributed by atoms with Crippen LogP contribution >= 0.6 is 0 Å². The van der Waals surface area contributed by atoms with Crippen molar-refractivity contribution in [3.63, 3.8) is 0 Å². The largest absolute Gasteiger partial charge is 0.490 e. The van der Waals surface area contributed by atoms with E-state index >= 15 is 0 Å². The van der Waals surface area contributed by atoms with Gasteiger partial charge < -0.3 is 14.6 Å². The summed E-state index contributed by atoms with van der Waals surface area (Å²) < 4.78 is 11.0. The molecule has 23 heavy (non-hydrogen) atoms. The molecule has 2 atom stereocenters. The number of nitrogens with zero attached hydrogens (tertiary/aromatic N) is 1. The van der Waals surface area contributed by atoms with Crippen molar-refractivity contribution in [1.82, 2.24) is 4.90 Å². The third-order valence-corrected chi connectivity index (χ3v) is 4.90. The summed E-state index contributed by atoms with van der Waals surface area (Å²) in [6.45, 7) is 7.36. The van der Waals surface area contributed by atoms with Crippen LogP contribution in [0.25, 0.3) is 0 Å². The molecule has 2 heterocycles. The Labute approximate surface area is 136 Å². The molecular weight excluding hydrogens is 294 g/mol. The molecule has 0 aromatic heterocycles. The SMILES string of the molecule is C=CCOc1ccc(CN2C[C@@H]3COCC[C@]3(C(=O)O)C2)cc1. The van der Waals surface area contributed by atoms with Crippen LogP contribution in [0.1, 0.15) is 12.0 Å². The number of carbonyl (C=O) groups is 1. The molecule has 1 aromatic rings. The Morgan fingerprint density at radius 3 is 2.91 bits per heavy atom. The number of likely N-dealkylation sites (tertiary alicyclic amines) is 1. The molecule has 124 valence electrons. The Kier molecular flexibility index (Phi) is 4.68. The van der Waals surface area contributed by atoms with Crippen LogP contribution in [0, 0.1) is 11.3 Å². The van der Waals surface area contributed by atoms with Gasteiger partial charge in [-0.25, -0.2) is 0 Å². The molecular formula is C18H23NO4. The van der Waals surface area contributed by atoms with Crippen LogP contribution in [0.2, 0.25) is 0 Å². The zero-order chi connectivity index (χ0) is 16.3. The fraction of sp³-hybridized carbons (Fsp3) is 0.500. The molecule has 0 spiro atoms. The molecule has 0 radical (unpaired) electrons. The van der Waals surface area contributed by atoms with Gasteiger partial charge in [-0.2, -0.15) is 0 Å². The van der Waals surface area contributed by atoms with Crippen molar-refractivity contribution in [3.8, 4) is 5.75 Å². The van der Waals surface area contributed by atoms with Gasteiger partial charge in [0.05, 0.1) is 12.0 Å². The summed E-state index contributed by atoms with van der Waals surface area (Å²) in [6, 6.07) is 7.95. The fourth-order valence-electron chi connectivity index (χ4n) is 3.63. The molecule has 1 N–H and O–H groups in total. The first kappa shape index (κ1) is 16.0. The Balaban J connectivity index is 1.65. The van der Waals surface area contributed by atoms with E-state index in [-0.39, 0.29) is 5.92 Å². The summed E-state index contributed by atoms with van der Waals surface area (Å²) in [5, 5.41) is 9.70. The first-order chi connectivity index (χ1) is 11.1. The first-order valence-corrected chi connectivity index (χ1v) is 8.00. The molecule has 5 nitrogen and oxygen atoms in total. The molecule has 0 unspecified atom stereocenters. The Hall–Kier alpha value is -1.85. The molecule has 2 aliphatic rings. The van der Waals surface area contributed by atoms with Gasteiger partial charge in [0.1, 0.15) is 12.4 Å². The molecule has 2 aliphatic heterocycles. The molecule has 2 fully saturated rings. The average molecular weight is 317 g/mol. The zero-order valence-corrected chi connectivity index (χ0v) is 13.2. The van der Waals surface area contributed by atoms with E-state index in [1.54, 1.807) is 6.08 Å². The molecule has 0 saturated carbocycles. The Morgan fingerprint density at radius 2 is 2.26 bits per heavy atom. The van der Waals surface area contributed by atoms with Crippen molar-refractivity contribution in [3.05, 3.63) is 42.5 Å². The van der Waals surface area contributed by atoms with Gasteiger partial charge in [0.15, 0.2) is 0 Å². The predicted octanol–water partition coefficient (Wildman–Crippen LogP) is 2.17. The van der Waals surface area contributed by atoms with Crippen molar-refractivity contribution in [1.29, 1.82) is 0 Å². The van der Waals surface area contributed by atoms with E-state index in [0.717, 1.165) is 24.4 Å². The van der Waals surface area contributed by atoms with E-state index in [2.05, 4.69) is 11.5 Å². The smallest absolute Gasteiger partial charge is 0.311 e. The summed E-state index contributed by atoms with van der Waals surface area (Å²) in [5.74, 6) is 0.226. The number of rotatable bonds is 6. The van der Waals surface area contributed by atoms with Crippen molar-refractivity contribution < 1.29 is 19.4 Å². The molecule has 5 heteroatoms. The van der Waals surface area contributed by atoms with E-state index in [0.29, 0.717) is 32.8 Å². The highest BCUT2D eigenvalue weighted by Crippen LogP contribution is 2.42. The molecule has 3 rings (SSSR count). The molecule has 0 bridgehead atoms. The second-order valence-corrected chi connectivity index (χ2v) is 6.40. The van der Waals surface area contributed by atoms with Gasteiger partial charge in [0.2, 0.25) is 0 Å². The van der Waals surface area contributed by atoms with Gasteiger partial charge >= 0.3 is 5.97 Å². The van der Waals surface area contributed by atoms with Crippen LogP contribution in [0.5, 0.6) is 5.75 Å². The van der Waals surface area contributed by atoms with Crippen LogP contribution in [0.15, 0.2) is 36.9 Å². The Morgan fingerprint density at radius 1 is 1.48 bits per heavy atom. The number of carboxylic acid groups (broad SMARTS) is 1. The number of ether oxygens (including phenoxy) is 2. The molecule has 1 aromatic carbocycles. The standard InChI is InChI=1S/C18H23NO4/c1-2-8-23-16-5-3-14(4-6-16)10-19-11-15-12-22-9-7-18(15,13-19)17(20)21/h2-6,15H,1,7-13H2,(H,20,21)/t15-,18+/m1/s1. The van der Waals surface area contributed by atoms with Gasteiger partial charge in [-0.3, -0.25) is 9.69 Å². The summed E-state index contributed by atoms with van der Waals surface area (Å²) >= 11 is 0. The van der Waals surface area contributed by atoms with E-state index < -0.39 is 11.4 Å². The topological polar surface area (TPSA) is 59.0 Å². The number of hydrogen-bond acceptors (Lipinski definition) is 4. The van der Waals surface area contributed by atoms with Gasteiger partial charge in [-0.1, -0.05) is 24.8 Å². The fourth-order valence-corrected chi connectivity index (χ4v) is 3.63. The van der Waals surface area contributed by atoms with Gasteiger partial charge in [-0.05, 0) is 24.1 Å². The number of hydrogen-bond donors (Lipinski definition) is 1. The highest BCUT2D eigenvalue weighted by atomic mass is 16.5. The summed E-state index contributed by atoms with van der Waals surface area (Å²) in [6.07, 6.45) is 2.32. The maximum atomic E-state index is 11.8. The maximum Gasteiger partial charge on any atom is 0.311 e. The maximum absolute atomic E-state index is 11.8. The second kappa shape index (κ2) is 6.72. The average Bonchev–Trinajstić information content (AvgIpc) is 2.93. The van der Waals surface area contributed by atoms with Crippen molar-refractivity contribution >= 4 is 5.97 Å². The van der Waals surface area contributed by atoms with E-state index in [9.17, 15) is 9.90 Å². The highest BCUT2D eigenvalue weighted by molar-refractivity contribution is 5.76. The monoisotopic (exact) mass is 317 g/mol. The van der Waals surface area contributed by atoms with Crippen molar-refractivity contribution in [2.45, 2.75) is 13.0 Å². The second-order valence-electron chi connectivity index (χ2n) is 6.40.